The Morgan fingerprint density at radius 2 is 1.62 bits per heavy atom. The molecular weight excluding hydrogens is 453 g/mol. The predicted molar refractivity (Wildman–Crippen MR) is 121 cm³/mol. The molecule has 4 rings (SSSR count). The first-order valence-electron chi connectivity index (χ1n) is 9.64. The number of sulfonamides is 2. The topological polar surface area (TPSA) is 95.9 Å². The second kappa shape index (κ2) is 8.36. The van der Waals surface area contributed by atoms with E-state index in [-0.39, 0.29) is 11.3 Å². The van der Waals surface area contributed by atoms with Gasteiger partial charge in [-0.05, 0) is 47.5 Å². The Kier molecular flexibility index (Phi) is 5.74. The number of benzene rings is 3. The largest absolute Gasteiger partial charge is 0.284 e. The highest BCUT2D eigenvalue weighted by atomic mass is 32.2. The molecule has 1 atom stereocenters. The number of anilines is 1. The van der Waals surface area contributed by atoms with E-state index in [2.05, 4.69) is 9.82 Å². The zero-order chi connectivity index (χ0) is 22.9. The average molecular weight is 474 g/mol. The molecule has 32 heavy (non-hydrogen) atoms. The molecule has 1 aliphatic heterocycles. The van der Waals surface area contributed by atoms with Crippen molar-refractivity contribution in [2.45, 2.75) is 17.4 Å². The molecule has 0 bridgehead atoms. The summed E-state index contributed by atoms with van der Waals surface area (Å²) in [6.07, 6.45) is 1.34. The number of nitrogens with one attached hydrogen (secondary N) is 1. The smallest absolute Gasteiger partial charge is 0.279 e. The molecule has 0 aliphatic carbocycles. The van der Waals surface area contributed by atoms with Crippen LogP contribution in [0, 0.1) is 5.82 Å². The van der Waals surface area contributed by atoms with Crippen LogP contribution in [0.15, 0.2) is 88.9 Å². The molecule has 0 aromatic heterocycles. The second-order valence-electron chi connectivity index (χ2n) is 7.36. The van der Waals surface area contributed by atoms with E-state index in [4.69, 9.17) is 0 Å². The Bertz CT molecular complexity index is 1370. The predicted octanol–water partition coefficient (Wildman–Crippen LogP) is 3.74. The summed E-state index contributed by atoms with van der Waals surface area (Å²) in [7, 11) is -7.54. The summed E-state index contributed by atoms with van der Waals surface area (Å²) < 4.78 is 66.7. The molecule has 10 heteroatoms. The van der Waals surface area contributed by atoms with E-state index in [9.17, 15) is 21.2 Å². The van der Waals surface area contributed by atoms with Crippen LogP contribution >= 0.6 is 0 Å². The minimum Gasteiger partial charge on any atom is -0.284 e. The molecule has 0 radical (unpaired) electrons. The van der Waals surface area contributed by atoms with Gasteiger partial charge in [0.05, 0.1) is 22.9 Å². The zero-order valence-electron chi connectivity index (χ0n) is 17.0. The molecule has 0 fully saturated rings. The van der Waals surface area contributed by atoms with Crippen molar-refractivity contribution < 1.29 is 21.2 Å². The molecule has 1 unspecified atom stereocenters. The highest BCUT2D eigenvalue weighted by Crippen LogP contribution is 2.37. The van der Waals surface area contributed by atoms with Gasteiger partial charge in [-0.15, -0.1) is 0 Å². The molecule has 1 aliphatic rings. The van der Waals surface area contributed by atoms with Gasteiger partial charge in [0.15, 0.2) is 0 Å². The van der Waals surface area contributed by atoms with E-state index in [1.165, 1.54) is 12.1 Å². The van der Waals surface area contributed by atoms with Crippen molar-refractivity contribution >= 4 is 31.4 Å². The maximum absolute atomic E-state index is 13.4. The molecule has 0 saturated heterocycles. The first kappa shape index (κ1) is 22.0. The van der Waals surface area contributed by atoms with Gasteiger partial charge < -0.3 is 0 Å². The molecule has 7 nitrogen and oxygen atoms in total. The minimum absolute atomic E-state index is 0.0719. The van der Waals surface area contributed by atoms with Crippen molar-refractivity contribution in [3.8, 4) is 0 Å². The minimum atomic E-state index is -4.06. The van der Waals surface area contributed by atoms with Crippen LogP contribution in [-0.4, -0.2) is 33.2 Å². The standard InChI is InChI=1S/C22H20FN3O4S2/c1-31(27,28)25-19-9-5-8-17(14-19)21-15-22(16-6-3-2-4-7-16)26(24-21)32(29,30)20-12-10-18(23)11-13-20/h2-14,22,25H,15H2,1H3. The highest BCUT2D eigenvalue weighted by Gasteiger charge is 2.37. The molecule has 1 N–H and O–H groups in total. The molecule has 166 valence electrons. The van der Waals surface area contributed by atoms with Gasteiger partial charge in [-0.3, -0.25) is 4.72 Å². The van der Waals surface area contributed by atoms with E-state index in [1.807, 2.05) is 30.3 Å². The van der Waals surface area contributed by atoms with Crippen LogP contribution in [0.3, 0.4) is 0 Å². The maximum Gasteiger partial charge on any atom is 0.279 e. The third kappa shape index (κ3) is 4.66. The van der Waals surface area contributed by atoms with Crippen LogP contribution in [0.25, 0.3) is 0 Å². The normalized spacial score (nSPS) is 16.6. The Morgan fingerprint density at radius 1 is 0.938 bits per heavy atom. The van der Waals surface area contributed by atoms with Crippen LogP contribution in [0.4, 0.5) is 10.1 Å². The fourth-order valence-electron chi connectivity index (χ4n) is 3.50. The van der Waals surface area contributed by atoms with Crippen molar-refractivity contribution in [2.75, 3.05) is 11.0 Å². The fourth-order valence-corrected chi connectivity index (χ4v) is 5.49. The quantitative estimate of drug-likeness (QED) is 0.590. The lowest BCUT2D eigenvalue weighted by molar-refractivity contribution is 0.371. The fraction of sp³-hybridized carbons (Fsp3) is 0.136. The Hall–Kier alpha value is -3.24. The summed E-state index contributed by atoms with van der Waals surface area (Å²) in [6, 6.07) is 19.7. The van der Waals surface area contributed by atoms with Gasteiger partial charge in [-0.2, -0.15) is 17.9 Å². The van der Waals surface area contributed by atoms with Gasteiger partial charge in [0.25, 0.3) is 10.0 Å². The van der Waals surface area contributed by atoms with Gasteiger partial charge >= 0.3 is 0 Å². The van der Waals surface area contributed by atoms with Crippen LogP contribution < -0.4 is 4.72 Å². The molecular formula is C22H20FN3O4S2. The van der Waals surface area contributed by atoms with Gasteiger partial charge in [0, 0.05) is 12.1 Å². The molecule has 1 heterocycles. The molecule has 0 amide bonds. The first-order chi connectivity index (χ1) is 15.1. The third-order valence-corrected chi connectivity index (χ3v) is 7.22. The van der Waals surface area contributed by atoms with E-state index in [0.29, 0.717) is 17.0 Å². The van der Waals surface area contributed by atoms with Gasteiger partial charge in [-0.25, -0.2) is 12.8 Å². The Balaban J connectivity index is 1.77. The SMILES string of the molecule is CS(=O)(=O)Nc1cccc(C2=NN(S(=O)(=O)c3ccc(F)cc3)C(c3ccccc3)C2)c1. The number of nitrogens with zero attached hydrogens (tertiary/aromatic N) is 2. The van der Waals surface area contributed by atoms with Gasteiger partial charge in [0.2, 0.25) is 10.0 Å². The lowest BCUT2D eigenvalue weighted by Gasteiger charge is -2.23. The first-order valence-corrected chi connectivity index (χ1v) is 13.0. The highest BCUT2D eigenvalue weighted by molar-refractivity contribution is 7.92. The third-order valence-electron chi connectivity index (χ3n) is 4.91. The molecule has 0 spiro atoms. The van der Waals surface area contributed by atoms with Gasteiger partial charge in [0.1, 0.15) is 5.82 Å². The van der Waals surface area contributed by atoms with E-state index < -0.39 is 31.9 Å². The number of hydrazone groups is 1. The number of hydrogen-bond donors (Lipinski definition) is 1. The van der Waals surface area contributed by atoms with Crippen LogP contribution in [0.5, 0.6) is 0 Å². The van der Waals surface area contributed by atoms with Crippen LogP contribution in [-0.2, 0) is 20.0 Å². The summed E-state index contributed by atoms with van der Waals surface area (Å²) in [5.74, 6) is -0.538. The number of halogens is 1. The van der Waals surface area contributed by atoms with E-state index in [0.717, 1.165) is 28.4 Å². The van der Waals surface area contributed by atoms with Crippen molar-refractivity contribution in [3.63, 3.8) is 0 Å². The summed E-state index contributed by atoms with van der Waals surface area (Å²) in [5, 5.41) is 4.42. The van der Waals surface area contributed by atoms with Crippen molar-refractivity contribution in [1.82, 2.24) is 4.41 Å². The average Bonchev–Trinajstić information content (AvgIpc) is 3.20. The Labute approximate surface area is 186 Å². The number of hydrogen-bond acceptors (Lipinski definition) is 5. The monoisotopic (exact) mass is 473 g/mol. The molecule has 3 aromatic rings. The lowest BCUT2D eigenvalue weighted by atomic mass is 9.99. The summed E-state index contributed by atoms with van der Waals surface area (Å²) in [6.45, 7) is 0. The van der Waals surface area contributed by atoms with Crippen molar-refractivity contribution in [1.29, 1.82) is 0 Å². The van der Waals surface area contributed by atoms with Crippen molar-refractivity contribution in [3.05, 3.63) is 95.8 Å². The molecule has 3 aromatic carbocycles. The summed E-state index contributed by atoms with van der Waals surface area (Å²) in [4.78, 5) is -0.0719. The zero-order valence-corrected chi connectivity index (χ0v) is 18.6. The maximum atomic E-state index is 13.4. The second-order valence-corrected chi connectivity index (χ2v) is 10.9. The molecule has 0 saturated carbocycles. The van der Waals surface area contributed by atoms with Crippen LogP contribution in [0.1, 0.15) is 23.6 Å². The van der Waals surface area contributed by atoms with Crippen molar-refractivity contribution in [2.24, 2.45) is 5.10 Å². The number of rotatable bonds is 6. The van der Waals surface area contributed by atoms with Gasteiger partial charge in [-0.1, -0.05) is 42.5 Å². The lowest BCUT2D eigenvalue weighted by Crippen LogP contribution is -2.27. The summed E-state index contributed by atoms with van der Waals surface area (Å²) >= 11 is 0. The van der Waals surface area contributed by atoms with E-state index in [1.54, 1.807) is 24.3 Å². The van der Waals surface area contributed by atoms with Crippen LogP contribution in [0.2, 0.25) is 0 Å². The summed E-state index contributed by atoms with van der Waals surface area (Å²) in [5.41, 5.74) is 2.18. The Morgan fingerprint density at radius 3 is 2.28 bits per heavy atom. The van der Waals surface area contributed by atoms with E-state index >= 15 is 0 Å².